The molecule has 0 fully saturated rings. The number of benzene rings is 2. The first-order valence-corrected chi connectivity index (χ1v) is 15.2. The van der Waals surface area contributed by atoms with Gasteiger partial charge in [0, 0.05) is 0 Å². The van der Waals surface area contributed by atoms with Crippen molar-refractivity contribution in [3.63, 3.8) is 0 Å². The van der Waals surface area contributed by atoms with E-state index >= 15 is 0 Å². The van der Waals surface area contributed by atoms with Crippen LogP contribution in [0.25, 0.3) is 0 Å². The molecule has 0 spiro atoms. The van der Waals surface area contributed by atoms with Gasteiger partial charge < -0.3 is 10.2 Å². The summed E-state index contributed by atoms with van der Waals surface area (Å²) < 4.78 is 26.7. The maximum Gasteiger partial charge on any atom is 2.00 e. The van der Waals surface area contributed by atoms with Crippen molar-refractivity contribution in [3.05, 3.63) is 47.5 Å². The van der Waals surface area contributed by atoms with E-state index in [0.29, 0.717) is 0 Å². The molecule has 6 heteroatoms. The molecule has 4 nitrogen and oxygen atoms in total. The maximum absolute atomic E-state index is 13.3. The first-order chi connectivity index (χ1) is 16.9. The molecule has 0 unspecified atom stereocenters. The minimum absolute atomic E-state index is 0. The second kappa shape index (κ2) is 17.9. The van der Waals surface area contributed by atoms with Gasteiger partial charge >= 0.3 is 16.8 Å². The van der Waals surface area contributed by atoms with E-state index in [-0.39, 0.29) is 26.6 Å². The Kier molecular flexibility index (Phi) is 16.1. The van der Waals surface area contributed by atoms with E-state index in [1.165, 1.54) is 88.5 Å². The standard InChI is InChI=1S/C30H46O4S.Co/c1-3-5-7-9-11-13-15-17-25-19-21-27(31)29(23-25)35(33,34)30-24-26(20-22-28(30)32)18-16-14-12-10-8-6-4-2;/h19-24,31-32H,3-18H2,1-2H3;/q;+2/p-2. The van der Waals surface area contributed by atoms with Crippen molar-refractivity contribution in [3.8, 4) is 11.5 Å². The van der Waals surface area contributed by atoms with Crippen molar-refractivity contribution < 1.29 is 35.4 Å². The monoisotopic (exact) mass is 559 g/mol. The van der Waals surface area contributed by atoms with Crippen LogP contribution in [-0.2, 0) is 39.5 Å². The summed E-state index contributed by atoms with van der Waals surface area (Å²) in [6.07, 6.45) is 17.9. The number of hydrogen-bond acceptors (Lipinski definition) is 4. The number of unbranched alkanes of at least 4 members (excludes halogenated alkanes) is 12. The Morgan fingerprint density at radius 3 is 1.25 bits per heavy atom. The maximum atomic E-state index is 13.3. The van der Waals surface area contributed by atoms with Crippen LogP contribution in [0.15, 0.2) is 46.2 Å². The fourth-order valence-electron chi connectivity index (χ4n) is 4.53. The van der Waals surface area contributed by atoms with Crippen LogP contribution in [0.1, 0.15) is 115 Å². The van der Waals surface area contributed by atoms with Crippen LogP contribution in [0.3, 0.4) is 0 Å². The first kappa shape index (κ1) is 32.5. The predicted octanol–water partition coefficient (Wildman–Crippen LogP) is 7.25. The summed E-state index contributed by atoms with van der Waals surface area (Å²) in [7, 11) is -4.16. The summed E-state index contributed by atoms with van der Waals surface area (Å²) in [5.41, 5.74) is 1.67. The Morgan fingerprint density at radius 1 is 0.556 bits per heavy atom. The van der Waals surface area contributed by atoms with Crippen LogP contribution in [0.5, 0.6) is 11.5 Å². The van der Waals surface area contributed by atoms with Gasteiger partial charge in [-0.25, -0.2) is 8.42 Å². The molecular weight excluding hydrogens is 515 g/mol. The molecule has 0 atom stereocenters. The van der Waals surface area contributed by atoms with Gasteiger partial charge in [0.2, 0.25) is 9.84 Å². The Labute approximate surface area is 230 Å². The van der Waals surface area contributed by atoms with Gasteiger partial charge in [-0.05, 0) is 48.9 Å². The molecule has 0 saturated heterocycles. The zero-order valence-electron chi connectivity index (χ0n) is 22.2. The van der Waals surface area contributed by atoms with Gasteiger partial charge in [0.25, 0.3) is 0 Å². The summed E-state index contributed by atoms with van der Waals surface area (Å²) >= 11 is 0. The van der Waals surface area contributed by atoms with E-state index in [4.69, 9.17) is 0 Å². The second-order valence-corrected chi connectivity index (χ2v) is 11.7. The molecule has 36 heavy (non-hydrogen) atoms. The minimum Gasteiger partial charge on any atom is -0.872 e. The zero-order chi connectivity index (χ0) is 25.5. The Morgan fingerprint density at radius 2 is 0.889 bits per heavy atom. The number of sulfone groups is 1. The molecular formula is C30H44CoO4S. The molecule has 0 aromatic heterocycles. The van der Waals surface area contributed by atoms with E-state index in [9.17, 15) is 18.6 Å². The Bertz CT molecular complexity index is 915. The van der Waals surface area contributed by atoms with Crippen LogP contribution in [0.4, 0.5) is 0 Å². The molecule has 0 heterocycles. The number of hydrogen-bond donors (Lipinski definition) is 0. The quantitative estimate of drug-likeness (QED) is 0.180. The van der Waals surface area contributed by atoms with E-state index < -0.39 is 21.3 Å². The van der Waals surface area contributed by atoms with Gasteiger partial charge in [-0.2, -0.15) is 0 Å². The van der Waals surface area contributed by atoms with Gasteiger partial charge in [0.1, 0.15) is 0 Å². The predicted molar refractivity (Wildman–Crippen MR) is 141 cm³/mol. The second-order valence-electron chi connectivity index (χ2n) is 9.81. The average Bonchev–Trinajstić information content (AvgIpc) is 2.84. The molecule has 0 aliphatic carbocycles. The van der Waals surface area contributed by atoms with Gasteiger partial charge in [0.15, 0.2) is 0 Å². The molecule has 0 aliphatic rings. The van der Waals surface area contributed by atoms with Gasteiger partial charge in [-0.15, -0.1) is 0 Å². The molecule has 1 radical (unpaired) electrons. The molecule has 203 valence electrons. The zero-order valence-corrected chi connectivity index (χ0v) is 24.0. The molecule has 0 amide bonds. The van der Waals surface area contributed by atoms with Gasteiger partial charge in [-0.1, -0.05) is 127 Å². The van der Waals surface area contributed by atoms with Crippen molar-refractivity contribution in [2.75, 3.05) is 0 Å². The van der Waals surface area contributed by atoms with Gasteiger partial charge in [-0.3, -0.25) is 0 Å². The normalized spacial score (nSPS) is 11.4. The minimum atomic E-state index is -4.16. The number of aryl methyl sites for hydroxylation is 2. The Hall–Kier alpha value is -1.50. The SMILES string of the molecule is CCCCCCCCCc1ccc([O-])c(S(=O)(=O)c2cc(CCCCCCCCC)ccc2[O-])c1.[Co+2]. The number of rotatable bonds is 18. The molecule has 0 bridgehead atoms. The van der Waals surface area contributed by atoms with E-state index in [2.05, 4.69) is 13.8 Å². The van der Waals surface area contributed by atoms with Crippen molar-refractivity contribution in [2.45, 2.75) is 126 Å². The smallest absolute Gasteiger partial charge is 0.872 e. The third kappa shape index (κ3) is 10.9. The summed E-state index contributed by atoms with van der Waals surface area (Å²) in [6, 6.07) is 9.06. The third-order valence-corrected chi connectivity index (χ3v) is 8.53. The molecule has 0 saturated carbocycles. The third-order valence-electron chi connectivity index (χ3n) is 6.73. The van der Waals surface area contributed by atoms with Crippen molar-refractivity contribution >= 4 is 9.84 Å². The largest absolute Gasteiger partial charge is 2.00 e. The Balaban J connectivity index is 0.00000648. The van der Waals surface area contributed by atoms with Gasteiger partial charge in [0.05, 0.1) is 9.79 Å². The van der Waals surface area contributed by atoms with Crippen LogP contribution in [0.2, 0.25) is 0 Å². The van der Waals surface area contributed by atoms with Crippen molar-refractivity contribution in [1.82, 2.24) is 0 Å². The summed E-state index contributed by atoms with van der Waals surface area (Å²) in [5.74, 6) is -1.10. The first-order valence-electron chi connectivity index (χ1n) is 13.7. The fourth-order valence-corrected chi connectivity index (χ4v) is 6.04. The van der Waals surface area contributed by atoms with Crippen LogP contribution in [-0.4, -0.2) is 8.42 Å². The van der Waals surface area contributed by atoms with Crippen LogP contribution in [0, 0.1) is 0 Å². The fraction of sp³-hybridized carbons (Fsp3) is 0.600. The van der Waals surface area contributed by atoms with Crippen molar-refractivity contribution in [2.24, 2.45) is 0 Å². The average molecular weight is 560 g/mol. The van der Waals surface area contributed by atoms with Crippen molar-refractivity contribution in [1.29, 1.82) is 0 Å². The molecule has 2 aromatic carbocycles. The molecule has 2 aromatic rings. The summed E-state index contributed by atoms with van der Waals surface area (Å²) in [5, 5.41) is 25.0. The topological polar surface area (TPSA) is 80.3 Å². The van der Waals surface area contributed by atoms with E-state index in [1.54, 1.807) is 12.1 Å². The summed E-state index contributed by atoms with van der Waals surface area (Å²) in [4.78, 5) is -0.550. The molecule has 0 N–H and O–H groups in total. The summed E-state index contributed by atoms with van der Waals surface area (Å²) in [6.45, 7) is 4.40. The van der Waals surface area contributed by atoms with Crippen LogP contribution >= 0.6 is 0 Å². The van der Waals surface area contributed by atoms with E-state index in [1.807, 2.05) is 0 Å². The molecule has 0 aliphatic heterocycles. The van der Waals surface area contributed by atoms with E-state index in [0.717, 1.165) is 49.7 Å². The van der Waals surface area contributed by atoms with Crippen LogP contribution < -0.4 is 10.2 Å². The molecule has 2 rings (SSSR count).